The van der Waals surface area contributed by atoms with Gasteiger partial charge in [0.15, 0.2) is 18.0 Å². The van der Waals surface area contributed by atoms with E-state index in [1.807, 2.05) is 0 Å². The van der Waals surface area contributed by atoms with Crippen LogP contribution in [-0.4, -0.2) is 84.3 Å². The van der Waals surface area contributed by atoms with Crippen molar-refractivity contribution in [2.24, 2.45) is 4.99 Å². The molecule has 3 atom stereocenters. The number of carbonyl (C=O) groups excluding carboxylic acids is 3. The summed E-state index contributed by atoms with van der Waals surface area (Å²) in [5.41, 5.74) is -0.216. The number of rotatable bonds is 6. The highest BCUT2D eigenvalue weighted by Crippen LogP contribution is 2.30. The highest BCUT2D eigenvalue weighted by Gasteiger charge is 2.51. The van der Waals surface area contributed by atoms with Crippen molar-refractivity contribution < 1.29 is 32.1 Å². The van der Waals surface area contributed by atoms with Gasteiger partial charge in [-0.05, 0) is 19.1 Å². The van der Waals surface area contributed by atoms with E-state index in [1.54, 1.807) is 6.92 Å². The molecule has 0 bridgehead atoms. The summed E-state index contributed by atoms with van der Waals surface area (Å²) in [6.45, 7) is 1.43. The Morgan fingerprint density at radius 1 is 1.18 bits per heavy atom. The lowest BCUT2D eigenvalue weighted by Gasteiger charge is -2.42. The van der Waals surface area contributed by atoms with Crippen molar-refractivity contribution >= 4 is 30.0 Å². The summed E-state index contributed by atoms with van der Waals surface area (Å²) >= 11 is 0. The van der Waals surface area contributed by atoms with Crippen molar-refractivity contribution in [3.05, 3.63) is 54.4 Å². The zero-order chi connectivity index (χ0) is 27.9. The van der Waals surface area contributed by atoms with Crippen molar-refractivity contribution in [1.29, 1.82) is 0 Å². The first-order valence-corrected chi connectivity index (χ1v) is 11.5. The Labute approximate surface area is 218 Å². The first-order valence-electron chi connectivity index (χ1n) is 11.5. The van der Waals surface area contributed by atoms with Gasteiger partial charge in [-0.2, -0.15) is 13.2 Å². The number of nitrogens with zero attached hydrogens (tertiary/aromatic N) is 8. The molecule has 2 aliphatic rings. The van der Waals surface area contributed by atoms with Crippen molar-refractivity contribution in [3.63, 3.8) is 0 Å². The van der Waals surface area contributed by atoms with E-state index < -0.39 is 48.0 Å². The van der Waals surface area contributed by atoms with E-state index in [0.29, 0.717) is 5.69 Å². The van der Waals surface area contributed by atoms with Crippen LogP contribution in [0.2, 0.25) is 0 Å². The highest BCUT2D eigenvalue weighted by atomic mass is 19.4. The molecule has 3 aromatic heterocycles. The van der Waals surface area contributed by atoms with E-state index in [2.05, 4.69) is 30.4 Å². The minimum Gasteiger partial charge on any atom is -0.364 e. The van der Waals surface area contributed by atoms with Crippen molar-refractivity contribution in [2.75, 3.05) is 12.4 Å². The summed E-state index contributed by atoms with van der Waals surface area (Å²) in [5, 5.41) is 6.35. The third-order valence-electron chi connectivity index (χ3n) is 6.28. The molecule has 0 aliphatic carbocycles. The fourth-order valence-electron chi connectivity index (χ4n) is 4.19. The van der Waals surface area contributed by atoms with Gasteiger partial charge in [-0.25, -0.2) is 14.8 Å². The van der Waals surface area contributed by atoms with Crippen LogP contribution >= 0.6 is 0 Å². The number of amides is 4. The van der Waals surface area contributed by atoms with Gasteiger partial charge in [-0.15, -0.1) is 0 Å². The van der Waals surface area contributed by atoms with Crippen LogP contribution in [0.15, 0.2) is 52.6 Å². The minimum atomic E-state index is -4.58. The van der Waals surface area contributed by atoms with Crippen molar-refractivity contribution in [3.8, 4) is 11.3 Å². The molecule has 5 rings (SSSR count). The van der Waals surface area contributed by atoms with Crippen LogP contribution in [0, 0.1) is 0 Å². The predicted octanol–water partition coefficient (Wildman–Crippen LogP) is 2.01. The van der Waals surface area contributed by atoms with E-state index in [-0.39, 0.29) is 23.6 Å². The SMILES string of the molecule is C[C@@H](C(=O)Nc1cncc(-c2ccc(C(F)(F)F)nc2)n1)N1C=NC2C1C(=O)N(Cc1ccon1)C(=O)N2C. The smallest absolute Gasteiger partial charge is 0.364 e. The zero-order valence-corrected chi connectivity index (χ0v) is 20.4. The van der Waals surface area contributed by atoms with Gasteiger partial charge < -0.3 is 19.6 Å². The van der Waals surface area contributed by atoms with Gasteiger partial charge in [-0.1, -0.05) is 5.16 Å². The molecule has 3 aromatic rings. The van der Waals surface area contributed by atoms with Crippen molar-refractivity contribution in [2.45, 2.75) is 37.9 Å². The summed E-state index contributed by atoms with van der Waals surface area (Å²) in [6.07, 6.45) is 0.857. The average molecular weight is 543 g/mol. The minimum absolute atomic E-state index is 0.0341. The molecule has 5 heterocycles. The number of alkyl halides is 3. The fraction of sp³-hybridized carbons (Fsp3) is 0.304. The highest BCUT2D eigenvalue weighted by molar-refractivity contribution is 6.03. The van der Waals surface area contributed by atoms with Crippen LogP contribution in [0.1, 0.15) is 18.3 Å². The van der Waals surface area contributed by atoms with E-state index >= 15 is 0 Å². The van der Waals surface area contributed by atoms with Gasteiger partial charge in [0.1, 0.15) is 23.7 Å². The zero-order valence-electron chi connectivity index (χ0n) is 20.4. The lowest BCUT2D eigenvalue weighted by Crippen LogP contribution is -2.66. The second kappa shape index (κ2) is 9.77. The normalized spacial score (nSPS) is 19.9. The number of anilines is 1. The maximum Gasteiger partial charge on any atom is 0.433 e. The molecule has 16 heteroatoms. The van der Waals surface area contributed by atoms with Gasteiger partial charge >= 0.3 is 12.2 Å². The lowest BCUT2D eigenvalue weighted by atomic mass is 10.1. The Kier molecular flexibility index (Phi) is 6.45. The number of urea groups is 1. The summed E-state index contributed by atoms with van der Waals surface area (Å²) < 4.78 is 43.2. The molecule has 0 saturated carbocycles. The number of fused-ring (bicyclic) bond motifs is 1. The number of carbonyl (C=O) groups is 3. The van der Waals surface area contributed by atoms with Crippen LogP contribution in [0.25, 0.3) is 11.3 Å². The molecule has 39 heavy (non-hydrogen) atoms. The largest absolute Gasteiger partial charge is 0.433 e. The Morgan fingerprint density at radius 3 is 2.64 bits per heavy atom. The van der Waals surface area contributed by atoms with E-state index in [1.165, 1.54) is 54.0 Å². The summed E-state index contributed by atoms with van der Waals surface area (Å²) in [4.78, 5) is 58.9. The van der Waals surface area contributed by atoms with E-state index in [0.717, 1.165) is 17.2 Å². The molecule has 1 saturated heterocycles. The summed E-state index contributed by atoms with van der Waals surface area (Å²) in [6, 6.07) is 1.10. The van der Waals surface area contributed by atoms with E-state index in [4.69, 9.17) is 4.52 Å². The second-order valence-corrected chi connectivity index (χ2v) is 8.76. The van der Waals surface area contributed by atoms with Gasteiger partial charge in [-0.3, -0.25) is 24.5 Å². The second-order valence-electron chi connectivity index (χ2n) is 8.76. The number of hydrogen-bond acceptors (Lipinski definition) is 10. The van der Waals surface area contributed by atoms with Gasteiger partial charge in [0, 0.05) is 24.9 Å². The fourth-order valence-corrected chi connectivity index (χ4v) is 4.19. The number of pyridine rings is 1. The molecule has 0 spiro atoms. The molecule has 1 N–H and O–H groups in total. The van der Waals surface area contributed by atoms with Crippen LogP contribution in [0.3, 0.4) is 0 Å². The standard InChI is InChI=1S/C23H20F3N9O4/c1-12(20(36)31-17-9-27-8-15(30-17)13-3-4-16(28-7-13)23(24,25)26)35-11-29-19-18(35)21(37)34(22(38)33(19)2)10-14-5-6-39-32-14/h3-9,11-12,18-19H,10H2,1-2H3,(H,30,31,36)/t12-,18?,19?/m0/s1. The number of halogens is 3. The van der Waals surface area contributed by atoms with Crippen molar-refractivity contribution in [1.82, 2.24) is 34.8 Å². The van der Waals surface area contributed by atoms with E-state index in [9.17, 15) is 27.6 Å². The van der Waals surface area contributed by atoms with Crippen LogP contribution in [0.5, 0.6) is 0 Å². The van der Waals surface area contributed by atoms with Gasteiger partial charge in [0.25, 0.3) is 5.91 Å². The summed E-state index contributed by atoms with van der Waals surface area (Å²) in [7, 11) is 1.50. The molecular weight excluding hydrogens is 523 g/mol. The molecular formula is C23H20F3N9O4. The number of imide groups is 1. The van der Waals surface area contributed by atoms with Crippen LogP contribution in [0.4, 0.5) is 23.8 Å². The quantitative estimate of drug-likeness (QED) is 0.492. The average Bonchev–Trinajstić information content (AvgIpc) is 3.60. The Morgan fingerprint density at radius 2 is 1.97 bits per heavy atom. The first kappa shape index (κ1) is 25.7. The van der Waals surface area contributed by atoms with Gasteiger partial charge in [0.05, 0.1) is 31.0 Å². The number of nitrogens with one attached hydrogen (secondary N) is 1. The molecule has 2 aliphatic heterocycles. The molecule has 202 valence electrons. The maximum atomic E-state index is 13.3. The van der Waals surface area contributed by atoms with Crippen LogP contribution in [-0.2, 0) is 22.3 Å². The molecule has 0 aromatic carbocycles. The number of likely N-dealkylation sites (N-methyl/N-ethyl adjacent to an activating group) is 1. The molecule has 1 fully saturated rings. The number of aliphatic imine (C=N–C) groups is 1. The molecule has 0 radical (unpaired) electrons. The topological polar surface area (TPSA) is 150 Å². The Balaban J connectivity index is 1.30. The summed E-state index contributed by atoms with van der Waals surface area (Å²) in [5.74, 6) is -1.08. The number of aromatic nitrogens is 4. The molecule has 13 nitrogen and oxygen atoms in total. The Bertz CT molecular complexity index is 1430. The predicted molar refractivity (Wildman–Crippen MR) is 126 cm³/mol. The van der Waals surface area contributed by atoms with Crippen LogP contribution < -0.4 is 5.32 Å². The maximum absolute atomic E-state index is 13.3. The Hall–Kier alpha value is -4.89. The first-order chi connectivity index (χ1) is 18.5. The lowest BCUT2D eigenvalue weighted by molar-refractivity contribution is -0.141. The number of hydrogen-bond donors (Lipinski definition) is 1. The monoisotopic (exact) mass is 543 g/mol. The van der Waals surface area contributed by atoms with Gasteiger partial charge in [0.2, 0.25) is 5.91 Å². The molecule has 4 amide bonds. The third kappa shape index (κ3) is 4.87. The third-order valence-corrected chi connectivity index (χ3v) is 6.28. The molecule has 2 unspecified atom stereocenters.